The van der Waals surface area contributed by atoms with Crippen molar-refractivity contribution in [3.05, 3.63) is 65.1 Å². The van der Waals surface area contributed by atoms with Crippen molar-refractivity contribution in [3.63, 3.8) is 0 Å². The molecule has 4 rings (SSSR count). The number of amides is 1. The topological polar surface area (TPSA) is 84.8 Å². The first-order valence-electron chi connectivity index (χ1n) is 8.77. The van der Waals surface area contributed by atoms with E-state index in [2.05, 4.69) is 26.0 Å². The molecule has 0 spiro atoms. The number of nitrogens with one attached hydrogen (secondary N) is 2. The minimum absolute atomic E-state index is 0.209. The number of nitrogens with zero attached hydrogens (tertiary/aromatic N) is 3. The summed E-state index contributed by atoms with van der Waals surface area (Å²) in [5.74, 6) is 0.500. The summed E-state index contributed by atoms with van der Waals surface area (Å²) in [7, 11) is 1.61. The average Bonchev–Trinajstić information content (AvgIpc) is 3.48. The SMILES string of the molecule is COc1ccccc1-c1cc(C(=O)NCCn2ccc(-c3ccsc3)n2)[nH]n1. The third-order valence-corrected chi connectivity index (χ3v) is 4.97. The van der Waals surface area contributed by atoms with Crippen molar-refractivity contribution < 1.29 is 9.53 Å². The monoisotopic (exact) mass is 393 g/mol. The van der Waals surface area contributed by atoms with Crippen LogP contribution in [0.3, 0.4) is 0 Å². The van der Waals surface area contributed by atoms with Crippen LogP contribution in [0.2, 0.25) is 0 Å². The summed E-state index contributed by atoms with van der Waals surface area (Å²) in [6.45, 7) is 1.05. The second-order valence-corrected chi connectivity index (χ2v) is 6.88. The second-order valence-electron chi connectivity index (χ2n) is 6.10. The maximum Gasteiger partial charge on any atom is 0.269 e. The highest BCUT2D eigenvalue weighted by atomic mass is 32.1. The van der Waals surface area contributed by atoms with E-state index in [-0.39, 0.29) is 5.91 Å². The van der Waals surface area contributed by atoms with Crippen molar-refractivity contribution in [2.75, 3.05) is 13.7 Å². The fraction of sp³-hybridized carbons (Fsp3) is 0.150. The summed E-state index contributed by atoms with van der Waals surface area (Å²) < 4.78 is 7.17. The van der Waals surface area contributed by atoms with Gasteiger partial charge in [0, 0.05) is 29.2 Å². The van der Waals surface area contributed by atoms with E-state index in [1.807, 2.05) is 52.7 Å². The molecule has 0 atom stereocenters. The van der Waals surface area contributed by atoms with Gasteiger partial charge in [0.05, 0.1) is 25.0 Å². The molecule has 0 saturated carbocycles. The third-order valence-electron chi connectivity index (χ3n) is 4.29. The number of carbonyl (C=O) groups excluding carboxylic acids is 1. The van der Waals surface area contributed by atoms with E-state index in [1.165, 1.54) is 0 Å². The number of carbonyl (C=O) groups is 1. The molecule has 8 heteroatoms. The number of para-hydroxylation sites is 1. The van der Waals surface area contributed by atoms with Gasteiger partial charge in [-0.25, -0.2) is 0 Å². The molecule has 4 aromatic rings. The Balaban J connectivity index is 1.35. The highest BCUT2D eigenvalue weighted by molar-refractivity contribution is 7.08. The lowest BCUT2D eigenvalue weighted by Crippen LogP contribution is -2.27. The quantitative estimate of drug-likeness (QED) is 0.504. The number of benzene rings is 1. The number of aromatic nitrogens is 4. The normalized spacial score (nSPS) is 10.8. The first-order valence-corrected chi connectivity index (χ1v) is 9.72. The third kappa shape index (κ3) is 3.81. The molecule has 0 fully saturated rings. The fourth-order valence-electron chi connectivity index (χ4n) is 2.86. The van der Waals surface area contributed by atoms with E-state index in [9.17, 15) is 4.79 Å². The maximum absolute atomic E-state index is 12.4. The van der Waals surface area contributed by atoms with Gasteiger partial charge in [-0.1, -0.05) is 12.1 Å². The van der Waals surface area contributed by atoms with Crippen LogP contribution in [0.1, 0.15) is 10.5 Å². The molecule has 0 aliphatic rings. The molecule has 0 saturated heterocycles. The minimum atomic E-state index is -0.209. The average molecular weight is 393 g/mol. The molecule has 1 aromatic carbocycles. The Morgan fingerprint density at radius 3 is 2.96 bits per heavy atom. The Morgan fingerprint density at radius 1 is 1.25 bits per heavy atom. The Labute approximate surface area is 166 Å². The number of aromatic amines is 1. The Bertz CT molecular complexity index is 1070. The molecule has 0 bridgehead atoms. The number of thiophene rings is 1. The molecule has 3 heterocycles. The predicted octanol–water partition coefficient (Wildman–Crippen LogP) is 3.44. The molecule has 1 amide bonds. The zero-order valence-electron chi connectivity index (χ0n) is 15.3. The van der Waals surface area contributed by atoms with Gasteiger partial charge in [-0.15, -0.1) is 0 Å². The van der Waals surface area contributed by atoms with Crippen molar-refractivity contribution in [1.29, 1.82) is 0 Å². The van der Waals surface area contributed by atoms with Crippen molar-refractivity contribution in [3.8, 4) is 28.3 Å². The number of H-pyrrole nitrogens is 1. The predicted molar refractivity (Wildman–Crippen MR) is 108 cm³/mol. The zero-order chi connectivity index (χ0) is 19.3. The zero-order valence-corrected chi connectivity index (χ0v) is 16.1. The smallest absolute Gasteiger partial charge is 0.269 e. The van der Waals surface area contributed by atoms with Gasteiger partial charge in [0.15, 0.2) is 0 Å². The van der Waals surface area contributed by atoms with Crippen molar-refractivity contribution in [2.45, 2.75) is 6.54 Å². The molecular formula is C20H19N5O2S. The molecular weight excluding hydrogens is 374 g/mol. The number of ether oxygens (including phenoxy) is 1. The number of hydrogen-bond acceptors (Lipinski definition) is 5. The number of methoxy groups -OCH3 is 1. The minimum Gasteiger partial charge on any atom is -0.496 e. The van der Waals surface area contributed by atoms with Crippen molar-refractivity contribution >= 4 is 17.2 Å². The highest BCUT2D eigenvalue weighted by Gasteiger charge is 2.13. The van der Waals surface area contributed by atoms with Crippen LogP contribution in [-0.4, -0.2) is 39.5 Å². The van der Waals surface area contributed by atoms with Gasteiger partial charge in [0.1, 0.15) is 11.4 Å². The first kappa shape index (κ1) is 18.0. The van der Waals surface area contributed by atoms with E-state index in [4.69, 9.17) is 4.74 Å². The van der Waals surface area contributed by atoms with Gasteiger partial charge in [0.25, 0.3) is 5.91 Å². The van der Waals surface area contributed by atoms with Gasteiger partial charge < -0.3 is 10.1 Å². The lowest BCUT2D eigenvalue weighted by molar-refractivity contribution is 0.0947. The Hall–Kier alpha value is -3.39. The fourth-order valence-corrected chi connectivity index (χ4v) is 3.51. The van der Waals surface area contributed by atoms with E-state index in [1.54, 1.807) is 24.5 Å². The summed E-state index contributed by atoms with van der Waals surface area (Å²) in [5.41, 5.74) is 3.94. The summed E-state index contributed by atoms with van der Waals surface area (Å²) >= 11 is 1.64. The van der Waals surface area contributed by atoms with Gasteiger partial charge in [0.2, 0.25) is 0 Å². The van der Waals surface area contributed by atoms with Crippen LogP contribution in [0, 0.1) is 0 Å². The lowest BCUT2D eigenvalue weighted by Gasteiger charge is -2.04. The van der Waals surface area contributed by atoms with Gasteiger partial charge in [-0.3, -0.25) is 14.6 Å². The first-order chi connectivity index (χ1) is 13.7. The summed E-state index contributed by atoms with van der Waals surface area (Å²) in [6, 6.07) is 13.3. The largest absolute Gasteiger partial charge is 0.496 e. The Kier molecular flexibility index (Phi) is 5.20. The number of hydrogen-bond donors (Lipinski definition) is 2. The Morgan fingerprint density at radius 2 is 2.14 bits per heavy atom. The van der Waals surface area contributed by atoms with Crippen LogP contribution in [0.5, 0.6) is 5.75 Å². The summed E-state index contributed by atoms with van der Waals surface area (Å²) in [5, 5.41) is 18.5. The van der Waals surface area contributed by atoms with Gasteiger partial charge in [-0.05, 0) is 35.7 Å². The number of rotatable bonds is 7. The maximum atomic E-state index is 12.4. The van der Waals surface area contributed by atoms with Gasteiger partial charge >= 0.3 is 0 Å². The highest BCUT2D eigenvalue weighted by Crippen LogP contribution is 2.28. The summed E-state index contributed by atoms with van der Waals surface area (Å²) in [4.78, 5) is 12.4. The van der Waals surface area contributed by atoms with Gasteiger partial charge in [-0.2, -0.15) is 21.5 Å². The standard InChI is InChI=1S/C20H19N5O2S/c1-27-19-5-3-2-4-15(19)17-12-18(23-22-17)20(26)21-8-10-25-9-6-16(24-25)14-7-11-28-13-14/h2-7,9,11-13H,8,10H2,1H3,(H,21,26)(H,22,23). The van der Waals surface area contributed by atoms with Crippen LogP contribution in [0.15, 0.2) is 59.4 Å². The van der Waals surface area contributed by atoms with Crippen LogP contribution in [0.4, 0.5) is 0 Å². The van der Waals surface area contributed by atoms with Crippen LogP contribution < -0.4 is 10.1 Å². The molecule has 28 heavy (non-hydrogen) atoms. The summed E-state index contributed by atoms with van der Waals surface area (Å²) in [6.07, 6.45) is 1.91. The molecule has 0 radical (unpaired) electrons. The van der Waals surface area contributed by atoms with E-state index >= 15 is 0 Å². The van der Waals surface area contributed by atoms with Crippen molar-refractivity contribution in [1.82, 2.24) is 25.3 Å². The molecule has 2 N–H and O–H groups in total. The van der Waals surface area contributed by atoms with Crippen LogP contribution in [0.25, 0.3) is 22.5 Å². The van der Waals surface area contributed by atoms with Crippen molar-refractivity contribution in [2.24, 2.45) is 0 Å². The van der Waals surface area contributed by atoms with Crippen LogP contribution >= 0.6 is 11.3 Å². The molecule has 3 aromatic heterocycles. The lowest BCUT2D eigenvalue weighted by atomic mass is 10.1. The van der Waals surface area contributed by atoms with E-state index < -0.39 is 0 Å². The van der Waals surface area contributed by atoms with E-state index in [0.29, 0.717) is 30.2 Å². The molecule has 0 unspecified atom stereocenters. The second kappa shape index (κ2) is 8.10. The molecule has 0 aliphatic carbocycles. The molecule has 0 aliphatic heterocycles. The molecule has 7 nitrogen and oxygen atoms in total. The van der Waals surface area contributed by atoms with E-state index in [0.717, 1.165) is 16.8 Å². The molecule has 142 valence electrons. The van der Waals surface area contributed by atoms with Crippen LogP contribution in [-0.2, 0) is 6.54 Å².